The summed E-state index contributed by atoms with van der Waals surface area (Å²) in [6, 6.07) is 17.4. The number of rotatable bonds is 3. The minimum absolute atomic E-state index is 0.271. The predicted molar refractivity (Wildman–Crippen MR) is 122 cm³/mol. The van der Waals surface area contributed by atoms with E-state index in [-0.39, 0.29) is 6.04 Å². The van der Waals surface area contributed by atoms with Crippen molar-refractivity contribution in [2.24, 2.45) is 11.8 Å². The van der Waals surface area contributed by atoms with Crippen LogP contribution in [0.15, 0.2) is 60.9 Å². The molecular formula is C26H28N4O. The Labute approximate surface area is 183 Å². The summed E-state index contributed by atoms with van der Waals surface area (Å²) >= 11 is 0. The van der Waals surface area contributed by atoms with Gasteiger partial charge in [-0.25, -0.2) is 4.98 Å². The minimum Gasteiger partial charge on any atom is -0.355 e. The normalized spacial score (nSPS) is 27.9. The van der Waals surface area contributed by atoms with Gasteiger partial charge in [0.2, 0.25) is 5.91 Å². The zero-order valence-electron chi connectivity index (χ0n) is 17.7. The standard InChI is InChI=1S/C26H28N4O/c31-25-10-4-9-23-19-15-20(24(30(23)25)14-18-6-2-1-3-7-18)17-29(16-19)26-21-8-5-12-27-22(21)11-13-28-26/h1-3,5-8,11-13,19-20,23-24H,4,9-10,14-17H2/t19-,20+,23+,24+/m1/s1. The molecule has 2 aromatic heterocycles. The van der Waals surface area contributed by atoms with Gasteiger partial charge in [0.1, 0.15) is 5.82 Å². The molecule has 5 heterocycles. The molecule has 0 saturated carbocycles. The monoisotopic (exact) mass is 412 g/mol. The van der Waals surface area contributed by atoms with Crippen LogP contribution in [-0.4, -0.2) is 45.9 Å². The van der Waals surface area contributed by atoms with Crippen molar-refractivity contribution in [3.8, 4) is 0 Å². The molecule has 1 amide bonds. The van der Waals surface area contributed by atoms with E-state index in [1.807, 2.05) is 24.5 Å². The first-order chi connectivity index (χ1) is 15.3. The number of hydrogen-bond acceptors (Lipinski definition) is 4. The van der Waals surface area contributed by atoms with Crippen LogP contribution < -0.4 is 4.90 Å². The average Bonchev–Trinajstić information content (AvgIpc) is 2.82. The molecular weight excluding hydrogens is 384 g/mol. The molecule has 1 aromatic carbocycles. The molecule has 0 aliphatic carbocycles. The number of anilines is 1. The molecule has 0 radical (unpaired) electrons. The van der Waals surface area contributed by atoms with E-state index in [1.54, 1.807) is 0 Å². The van der Waals surface area contributed by atoms with E-state index in [0.29, 0.717) is 30.2 Å². The molecule has 4 atom stereocenters. The summed E-state index contributed by atoms with van der Waals surface area (Å²) in [6.07, 6.45) is 8.75. The number of amides is 1. The second-order valence-corrected chi connectivity index (χ2v) is 9.38. The van der Waals surface area contributed by atoms with Crippen molar-refractivity contribution in [2.75, 3.05) is 18.0 Å². The Bertz CT molecular complexity index is 1100. The smallest absolute Gasteiger partial charge is 0.223 e. The first kappa shape index (κ1) is 18.8. The van der Waals surface area contributed by atoms with Crippen LogP contribution in [0.25, 0.3) is 10.9 Å². The van der Waals surface area contributed by atoms with E-state index in [1.165, 1.54) is 12.0 Å². The van der Waals surface area contributed by atoms with Gasteiger partial charge in [0.05, 0.1) is 5.52 Å². The van der Waals surface area contributed by atoms with Crippen molar-refractivity contribution in [3.05, 3.63) is 66.5 Å². The molecule has 3 aromatic rings. The fourth-order valence-electron chi connectivity index (χ4n) is 6.31. The molecule has 2 bridgehead atoms. The number of pyridine rings is 2. The van der Waals surface area contributed by atoms with Gasteiger partial charge in [-0.2, -0.15) is 0 Å². The maximum Gasteiger partial charge on any atom is 0.223 e. The zero-order valence-corrected chi connectivity index (χ0v) is 17.7. The van der Waals surface area contributed by atoms with Crippen LogP contribution in [0.5, 0.6) is 0 Å². The fraction of sp³-hybridized carbons (Fsp3) is 0.423. The third-order valence-electron chi connectivity index (χ3n) is 7.59. The van der Waals surface area contributed by atoms with Crippen LogP contribution in [0.4, 0.5) is 5.82 Å². The molecule has 0 N–H and O–H groups in total. The van der Waals surface area contributed by atoms with Crippen molar-refractivity contribution < 1.29 is 4.79 Å². The summed E-state index contributed by atoms with van der Waals surface area (Å²) in [5.74, 6) is 2.40. The summed E-state index contributed by atoms with van der Waals surface area (Å²) in [7, 11) is 0. The highest BCUT2D eigenvalue weighted by atomic mass is 16.2. The first-order valence-electron chi connectivity index (χ1n) is 11.6. The number of piperidine rings is 3. The van der Waals surface area contributed by atoms with Crippen molar-refractivity contribution >= 4 is 22.6 Å². The van der Waals surface area contributed by atoms with Crippen LogP contribution in [-0.2, 0) is 11.2 Å². The van der Waals surface area contributed by atoms with Crippen LogP contribution in [0, 0.1) is 11.8 Å². The summed E-state index contributed by atoms with van der Waals surface area (Å²) in [6.45, 7) is 1.93. The van der Waals surface area contributed by atoms with E-state index in [9.17, 15) is 4.79 Å². The van der Waals surface area contributed by atoms with Gasteiger partial charge in [0.15, 0.2) is 0 Å². The number of fused-ring (bicyclic) bond motifs is 5. The van der Waals surface area contributed by atoms with Gasteiger partial charge in [0, 0.05) is 49.4 Å². The van der Waals surface area contributed by atoms with Crippen LogP contribution >= 0.6 is 0 Å². The summed E-state index contributed by atoms with van der Waals surface area (Å²) < 4.78 is 0. The quantitative estimate of drug-likeness (QED) is 0.651. The summed E-state index contributed by atoms with van der Waals surface area (Å²) in [5.41, 5.74) is 2.33. The Morgan fingerprint density at radius 2 is 1.81 bits per heavy atom. The van der Waals surface area contributed by atoms with Crippen molar-refractivity contribution in [1.82, 2.24) is 14.9 Å². The molecule has 3 saturated heterocycles. The Morgan fingerprint density at radius 1 is 0.935 bits per heavy atom. The van der Waals surface area contributed by atoms with E-state index < -0.39 is 0 Å². The van der Waals surface area contributed by atoms with Gasteiger partial charge >= 0.3 is 0 Å². The van der Waals surface area contributed by atoms with Gasteiger partial charge in [-0.1, -0.05) is 30.3 Å². The van der Waals surface area contributed by atoms with Crippen molar-refractivity contribution in [1.29, 1.82) is 0 Å². The van der Waals surface area contributed by atoms with Gasteiger partial charge < -0.3 is 9.80 Å². The third-order valence-corrected chi connectivity index (χ3v) is 7.59. The number of aromatic nitrogens is 2. The number of benzene rings is 1. The van der Waals surface area contributed by atoms with Gasteiger partial charge in [-0.15, -0.1) is 0 Å². The molecule has 3 aliphatic rings. The summed E-state index contributed by atoms with van der Waals surface area (Å²) in [5, 5.41) is 1.13. The highest BCUT2D eigenvalue weighted by molar-refractivity contribution is 5.89. The second kappa shape index (κ2) is 7.63. The first-order valence-corrected chi connectivity index (χ1v) is 11.6. The fourth-order valence-corrected chi connectivity index (χ4v) is 6.31. The highest BCUT2D eigenvalue weighted by Gasteiger charge is 2.49. The topological polar surface area (TPSA) is 49.3 Å². The Kier molecular flexibility index (Phi) is 4.62. The molecule has 0 spiro atoms. The van der Waals surface area contributed by atoms with Gasteiger partial charge in [-0.3, -0.25) is 9.78 Å². The second-order valence-electron chi connectivity index (χ2n) is 9.38. The third kappa shape index (κ3) is 3.27. The van der Waals surface area contributed by atoms with Gasteiger partial charge in [0.25, 0.3) is 0 Å². The van der Waals surface area contributed by atoms with Crippen molar-refractivity contribution in [3.63, 3.8) is 0 Å². The lowest BCUT2D eigenvalue weighted by Crippen LogP contribution is -2.65. The Balaban J connectivity index is 1.37. The van der Waals surface area contributed by atoms with E-state index in [4.69, 9.17) is 4.98 Å². The van der Waals surface area contributed by atoms with E-state index >= 15 is 0 Å². The average molecular weight is 413 g/mol. The Morgan fingerprint density at radius 3 is 2.71 bits per heavy atom. The maximum absolute atomic E-state index is 13.1. The number of hydrogen-bond donors (Lipinski definition) is 0. The predicted octanol–water partition coefficient (Wildman–Crippen LogP) is 4.08. The van der Waals surface area contributed by atoms with Crippen LogP contribution in [0.3, 0.4) is 0 Å². The number of carbonyl (C=O) groups excluding carboxylic acids is 1. The molecule has 31 heavy (non-hydrogen) atoms. The molecule has 3 aliphatic heterocycles. The molecule has 158 valence electrons. The lowest BCUT2D eigenvalue weighted by molar-refractivity contribution is -0.148. The molecule has 6 rings (SSSR count). The zero-order chi connectivity index (χ0) is 20.8. The van der Waals surface area contributed by atoms with E-state index in [2.05, 4.69) is 51.2 Å². The SMILES string of the molecule is O=C1CCC[C@H]2[C@@H]3C[C@@H](CN(c4nccc5ncccc45)C3)[C@H](Cc3ccccc3)N12. The van der Waals surface area contributed by atoms with Crippen LogP contribution in [0.1, 0.15) is 31.2 Å². The van der Waals surface area contributed by atoms with E-state index in [0.717, 1.165) is 49.1 Å². The number of carbonyl (C=O) groups is 1. The van der Waals surface area contributed by atoms with Crippen LogP contribution in [0.2, 0.25) is 0 Å². The molecule has 3 fully saturated rings. The van der Waals surface area contributed by atoms with Gasteiger partial charge in [-0.05, 0) is 61.3 Å². The molecule has 5 nitrogen and oxygen atoms in total. The lowest BCUT2D eigenvalue weighted by Gasteiger charge is -2.57. The molecule has 0 unspecified atom stereocenters. The Hall–Kier alpha value is -2.95. The number of nitrogens with zero attached hydrogens (tertiary/aromatic N) is 4. The highest BCUT2D eigenvalue weighted by Crippen LogP contribution is 2.43. The summed E-state index contributed by atoms with van der Waals surface area (Å²) in [4.78, 5) is 27.2. The maximum atomic E-state index is 13.1. The molecule has 5 heteroatoms. The lowest BCUT2D eigenvalue weighted by atomic mass is 9.70. The largest absolute Gasteiger partial charge is 0.355 e. The minimum atomic E-state index is 0.271. The van der Waals surface area contributed by atoms with Crippen molar-refractivity contribution in [2.45, 2.75) is 44.2 Å².